The van der Waals surface area contributed by atoms with Crippen LogP contribution in [0.15, 0.2) is 24.4 Å². The monoisotopic (exact) mass is 397 g/mol. The molecule has 2 aromatic rings. The molecule has 1 saturated heterocycles. The standard InChI is InChI=1S/C18H17ClFNO6/c1-9(2)26-16-13(19)3-10(6-21-16)27-15-5-14(20)11(17(22)23)4-12(15)18(24)7-25-8-18/h3-6,9,24H,7-8H2,1-2H3,(H,22,23). The maximum atomic E-state index is 14.1. The number of carboxylic acid groups (broad SMARTS) is 1. The molecule has 0 spiro atoms. The third-order valence-corrected chi connectivity index (χ3v) is 4.11. The molecule has 1 fully saturated rings. The summed E-state index contributed by atoms with van der Waals surface area (Å²) in [5.41, 5.74) is -1.94. The van der Waals surface area contributed by atoms with Crippen molar-refractivity contribution >= 4 is 17.6 Å². The molecule has 0 bridgehead atoms. The number of hydrogen-bond donors (Lipinski definition) is 2. The Morgan fingerprint density at radius 1 is 1.37 bits per heavy atom. The molecule has 2 N–H and O–H groups in total. The number of hydrogen-bond acceptors (Lipinski definition) is 6. The van der Waals surface area contributed by atoms with Crippen LogP contribution in [0.2, 0.25) is 5.02 Å². The van der Waals surface area contributed by atoms with E-state index in [0.717, 1.165) is 12.1 Å². The van der Waals surface area contributed by atoms with E-state index >= 15 is 0 Å². The van der Waals surface area contributed by atoms with Gasteiger partial charge in [-0.3, -0.25) is 0 Å². The van der Waals surface area contributed by atoms with E-state index in [4.69, 9.17) is 30.9 Å². The number of pyridine rings is 1. The van der Waals surface area contributed by atoms with Gasteiger partial charge in [0.05, 0.1) is 31.1 Å². The zero-order valence-corrected chi connectivity index (χ0v) is 15.3. The predicted molar refractivity (Wildman–Crippen MR) is 93.2 cm³/mol. The number of halogens is 2. The molecule has 1 aromatic heterocycles. The van der Waals surface area contributed by atoms with Crippen molar-refractivity contribution in [3.8, 4) is 17.4 Å². The van der Waals surface area contributed by atoms with Crippen molar-refractivity contribution in [2.75, 3.05) is 13.2 Å². The van der Waals surface area contributed by atoms with Crippen LogP contribution in [-0.4, -0.2) is 40.5 Å². The average Bonchev–Trinajstić information content (AvgIpc) is 2.55. The molecule has 1 aliphatic rings. The quantitative estimate of drug-likeness (QED) is 0.771. The molecule has 0 amide bonds. The van der Waals surface area contributed by atoms with Gasteiger partial charge in [0.2, 0.25) is 5.88 Å². The highest BCUT2D eigenvalue weighted by Gasteiger charge is 2.41. The topological polar surface area (TPSA) is 98.1 Å². The van der Waals surface area contributed by atoms with Crippen LogP contribution in [0.3, 0.4) is 0 Å². The van der Waals surface area contributed by atoms with Gasteiger partial charge in [0, 0.05) is 17.7 Å². The summed E-state index contributed by atoms with van der Waals surface area (Å²) in [5.74, 6) is -2.12. The van der Waals surface area contributed by atoms with Crippen LogP contribution < -0.4 is 9.47 Å². The van der Waals surface area contributed by atoms with Gasteiger partial charge in [-0.1, -0.05) is 11.6 Å². The number of aromatic carboxylic acids is 1. The number of nitrogens with zero attached hydrogens (tertiary/aromatic N) is 1. The molecule has 1 aliphatic heterocycles. The van der Waals surface area contributed by atoms with Crippen LogP contribution >= 0.6 is 11.6 Å². The van der Waals surface area contributed by atoms with Gasteiger partial charge in [0.15, 0.2) is 0 Å². The highest BCUT2D eigenvalue weighted by Crippen LogP contribution is 2.40. The summed E-state index contributed by atoms with van der Waals surface area (Å²) < 4.78 is 30.2. The normalized spacial score (nSPS) is 15.3. The number of rotatable bonds is 6. The number of ether oxygens (including phenoxy) is 3. The minimum absolute atomic E-state index is 0.0568. The number of benzene rings is 1. The second-order valence-electron chi connectivity index (χ2n) is 6.38. The third kappa shape index (κ3) is 3.97. The van der Waals surface area contributed by atoms with Gasteiger partial charge in [-0.25, -0.2) is 14.2 Å². The summed E-state index contributed by atoms with van der Waals surface area (Å²) >= 11 is 6.12. The minimum atomic E-state index is -1.47. The van der Waals surface area contributed by atoms with Crippen LogP contribution in [0.4, 0.5) is 4.39 Å². The molecular formula is C18H17ClFNO6. The van der Waals surface area contributed by atoms with Crippen molar-refractivity contribution in [2.24, 2.45) is 0 Å². The maximum absolute atomic E-state index is 14.1. The summed E-state index contributed by atoms with van der Waals surface area (Å²) in [6.07, 6.45) is 1.21. The molecule has 7 nitrogen and oxygen atoms in total. The van der Waals surface area contributed by atoms with E-state index in [1.807, 2.05) is 13.8 Å². The largest absolute Gasteiger partial charge is 0.478 e. The van der Waals surface area contributed by atoms with Crippen molar-refractivity contribution in [1.29, 1.82) is 0 Å². The van der Waals surface area contributed by atoms with Gasteiger partial charge >= 0.3 is 5.97 Å². The Bertz CT molecular complexity index is 884. The molecule has 144 valence electrons. The van der Waals surface area contributed by atoms with Crippen molar-refractivity contribution in [3.05, 3.63) is 46.4 Å². The number of aliphatic hydroxyl groups is 1. The first-order valence-corrected chi connectivity index (χ1v) is 8.45. The van der Waals surface area contributed by atoms with Crippen LogP contribution in [0.1, 0.15) is 29.8 Å². The summed E-state index contributed by atoms with van der Waals surface area (Å²) in [4.78, 5) is 15.3. The van der Waals surface area contributed by atoms with Crippen molar-refractivity contribution in [2.45, 2.75) is 25.6 Å². The summed E-state index contributed by atoms with van der Waals surface area (Å²) in [6, 6.07) is 3.38. The molecular weight excluding hydrogens is 381 g/mol. The Morgan fingerprint density at radius 3 is 2.59 bits per heavy atom. The van der Waals surface area contributed by atoms with E-state index in [0.29, 0.717) is 0 Å². The Morgan fingerprint density at radius 2 is 2.07 bits per heavy atom. The lowest BCUT2D eigenvalue weighted by atomic mass is 9.89. The predicted octanol–water partition coefficient (Wildman–Crippen LogP) is 3.37. The molecule has 0 saturated carbocycles. The lowest BCUT2D eigenvalue weighted by molar-refractivity contribution is -0.185. The minimum Gasteiger partial charge on any atom is -0.478 e. The summed E-state index contributed by atoms with van der Waals surface area (Å²) in [6.45, 7) is 3.52. The second-order valence-corrected chi connectivity index (χ2v) is 6.79. The Kier molecular flexibility index (Phi) is 5.23. The Balaban J connectivity index is 1.98. The first-order chi connectivity index (χ1) is 12.7. The zero-order chi connectivity index (χ0) is 19.8. The molecule has 3 rings (SSSR count). The van der Waals surface area contributed by atoms with Gasteiger partial charge in [-0.2, -0.15) is 0 Å². The van der Waals surface area contributed by atoms with Crippen LogP contribution in [0.25, 0.3) is 0 Å². The Hall–Kier alpha value is -2.42. The molecule has 0 unspecified atom stereocenters. The summed E-state index contributed by atoms with van der Waals surface area (Å²) in [7, 11) is 0. The number of carboxylic acids is 1. The first kappa shape index (κ1) is 19.3. The zero-order valence-electron chi connectivity index (χ0n) is 14.5. The first-order valence-electron chi connectivity index (χ1n) is 8.07. The third-order valence-electron chi connectivity index (χ3n) is 3.84. The van der Waals surface area contributed by atoms with E-state index in [9.17, 15) is 14.3 Å². The van der Waals surface area contributed by atoms with E-state index in [1.54, 1.807) is 0 Å². The number of aromatic nitrogens is 1. The highest BCUT2D eigenvalue weighted by atomic mass is 35.5. The van der Waals surface area contributed by atoms with Crippen LogP contribution in [0.5, 0.6) is 17.4 Å². The van der Waals surface area contributed by atoms with Gasteiger partial charge in [0.1, 0.15) is 27.9 Å². The van der Waals surface area contributed by atoms with Gasteiger partial charge in [0.25, 0.3) is 0 Å². The number of carbonyl (C=O) groups is 1. The Labute approximate surface area is 159 Å². The molecule has 1 aromatic carbocycles. The second kappa shape index (κ2) is 7.30. The van der Waals surface area contributed by atoms with Crippen molar-refractivity contribution in [3.63, 3.8) is 0 Å². The fourth-order valence-electron chi connectivity index (χ4n) is 2.52. The van der Waals surface area contributed by atoms with E-state index < -0.39 is 23.0 Å². The van der Waals surface area contributed by atoms with Crippen LogP contribution in [-0.2, 0) is 10.3 Å². The highest BCUT2D eigenvalue weighted by molar-refractivity contribution is 6.31. The lowest BCUT2D eigenvalue weighted by Gasteiger charge is -2.37. The lowest BCUT2D eigenvalue weighted by Crippen LogP contribution is -2.46. The van der Waals surface area contributed by atoms with E-state index in [-0.39, 0.29) is 47.3 Å². The van der Waals surface area contributed by atoms with Crippen molar-refractivity contribution in [1.82, 2.24) is 4.98 Å². The van der Waals surface area contributed by atoms with Crippen molar-refractivity contribution < 1.29 is 33.6 Å². The molecule has 27 heavy (non-hydrogen) atoms. The van der Waals surface area contributed by atoms with E-state index in [2.05, 4.69) is 4.98 Å². The molecule has 0 aliphatic carbocycles. The maximum Gasteiger partial charge on any atom is 0.338 e. The average molecular weight is 398 g/mol. The molecule has 0 atom stereocenters. The van der Waals surface area contributed by atoms with E-state index in [1.165, 1.54) is 12.3 Å². The van der Waals surface area contributed by atoms with Gasteiger partial charge in [-0.05, 0) is 19.9 Å². The molecule has 0 radical (unpaired) electrons. The fraction of sp³-hybridized carbons (Fsp3) is 0.333. The SMILES string of the molecule is CC(C)Oc1ncc(Oc2cc(F)c(C(=O)O)cc2C2(O)COC2)cc1Cl. The van der Waals surface area contributed by atoms with Crippen LogP contribution in [0, 0.1) is 5.82 Å². The molecule has 2 heterocycles. The van der Waals surface area contributed by atoms with Gasteiger partial charge < -0.3 is 24.4 Å². The molecule has 9 heteroatoms. The fourth-order valence-corrected chi connectivity index (χ4v) is 2.72. The smallest absolute Gasteiger partial charge is 0.338 e. The summed E-state index contributed by atoms with van der Waals surface area (Å²) in [5, 5.41) is 19.9. The van der Waals surface area contributed by atoms with Gasteiger partial charge in [-0.15, -0.1) is 0 Å².